The highest BCUT2D eigenvalue weighted by molar-refractivity contribution is 9.11. The first-order valence-electron chi connectivity index (χ1n) is 5.85. The fraction of sp³-hybridized carbons (Fsp3) is 0.583. The summed E-state index contributed by atoms with van der Waals surface area (Å²) in [6, 6.07) is 4.54. The molecule has 0 aliphatic heterocycles. The molecule has 1 aromatic rings. The van der Waals surface area contributed by atoms with E-state index in [-0.39, 0.29) is 6.54 Å². The van der Waals surface area contributed by atoms with Crippen LogP contribution in [0.5, 0.6) is 0 Å². The van der Waals surface area contributed by atoms with E-state index in [1.165, 1.54) is 17.7 Å². The first-order chi connectivity index (χ1) is 8.15. The van der Waals surface area contributed by atoms with Crippen LogP contribution in [0.15, 0.2) is 15.9 Å². The zero-order valence-corrected chi connectivity index (χ0v) is 12.0. The van der Waals surface area contributed by atoms with Crippen molar-refractivity contribution in [2.45, 2.75) is 38.3 Å². The van der Waals surface area contributed by atoms with E-state index in [0.717, 1.165) is 23.2 Å². The zero-order chi connectivity index (χ0) is 12.3. The molecule has 0 aromatic carbocycles. The third-order valence-corrected chi connectivity index (χ3v) is 4.78. The largest absolute Gasteiger partial charge is 0.480 e. The standard InChI is InChI=1S/C12H16BrNO2S/c13-11-6-5-10(17-11)7-14(8-12(15)16)9-3-1-2-4-9/h5-6,9H,1-4,7-8H2,(H,15,16). The minimum absolute atomic E-state index is 0.153. The van der Waals surface area contributed by atoms with Crippen LogP contribution in [0.2, 0.25) is 0 Å². The molecule has 2 rings (SSSR count). The molecule has 94 valence electrons. The Morgan fingerprint density at radius 1 is 1.47 bits per heavy atom. The highest BCUT2D eigenvalue weighted by Gasteiger charge is 2.24. The molecule has 1 aromatic heterocycles. The SMILES string of the molecule is O=C(O)CN(Cc1ccc(Br)s1)C1CCCC1. The van der Waals surface area contributed by atoms with Gasteiger partial charge < -0.3 is 5.11 Å². The molecule has 0 atom stereocenters. The number of hydrogen-bond acceptors (Lipinski definition) is 3. The fourth-order valence-corrected chi connectivity index (χ4v) is 3.90. The van der Waals surface area contributed by atoms with Gasteiger partial charge in [0.2, 0.25) is 0 Å². The molecule has 1 aliphatic carbocycles. The van der Waals surface area contributed by atoms with E-state index >= 15 is 0 Å². The van der Waals surface area contributed by atoms with Crippen LogP contribution in [0, 0.1) is 0 Å². The number of halogens is 1. The van der Waals surface area contributed by atoms with E-state index in [0.29, 0.717) is 6.04 Å². The van der Waals surface area contributed by atoms with Gasteiger partial charge >= 0.3 is 5.97 Å². The molecule has 0 unspecified atom stereocenters. The summed E-state index contributed by atoms with van der Waals surface area (Å²) in [5.74, 6) is -0.729. The molecule has 0 bridgehead atoms. The van der Waals surface area contributed by atoms with Gasteiger partial charge in [-0.1, -0.05) is 12.8 Å². The molecule has 1 saturated carbocycles. The highest BCUT2D eigenvalue weighted by atomic mass is 79.9. The summed E-state index contributed by atoms with van der Waals surface area (Å²) in [7, 11) is 0. The van der Waals surface area contributed by atoms with Gasteiger partial charge in [0.15, 0.2) is 0 Å². The Morgan fingerprint density at radius 3 is 2.71 bits per heavy atom. The van der Waals surface area contributed by atoms with Gasteiger partial charge in [0.1, 0.15) is 0 Å². The molecule has 0 saturated heterocycles. The summed E-state index contributed by atoms with van der Waals surface area (Å²) in [6.07, 6.45) is 4.74. The Balaban J connectivity index is 2.01. The summed E-state index contributed by atoms with van der Waals surface area (Å²) in [5.41, 5.74) is 0. The first-order valence-corrected chi connectivity index (χ1v) is 7.46. The molecule has 0 amide bonds. The van der Waals surface area contributed by atoms with E-state index in [2.05, 4.69) is 26.9 Å². The number of rotatable bonds is 5. The van der Waals surface area contributed by atoms with Crippen molar-refractivity contribution in [1.29, 1.82) is 0 Å². The van der Waals surface area contributed by atoms with Gasteiger partial charge in [-0.2, -0.15) is 0 Å². The van der Waals surface area contributed by atoms with Gasteiger partial charge in [-0.25, -0.2) is 0 Å². The van der Waals surface area contributed by atoms with Crippen LogP contribution in [-0.2, 0) is 11.3 Å². The molecule has 1 fully saturated rings. The van der Waals surface area contributed by atoms with Crippen molar-refractivity contribution in [2.24, 2.45) is 0 Å². The highest BCUT2D eigenvalue weighted by Crippen LogP contribution is 2.28. The lowest BCUT2D eigenvalue weighted by atomic mass is 10.2. The first kappa shape index (κ1) is 13.1. The Hall–Kier alpha value is -0.390. The lowest BCUT2D eigenvalue weighted by molar-refractivity contribution is -0.139. The van der Waals surface area contributed by atoms with Crippen LogP contribution < -0.4 is 0 Å². The molecule has 3 nitrogen and oxygen atoms in total. The van der Waals surface area contributed by atoms with Gasteiger partial charge in [-0.05, 0) is 40.9 Å². The molecule has 1 N–H and O–H groups in total. The molecule has 5 heteroatoms. The van der Waals surface area contributed by atoms with E-state index in [1.807, 2.05) is 6.07 Å². The van der Waals surface area contributed by atoms with Crippen LogP contribution >= 0.6 is 27.3 Å². The Kier molecular flexibility index (Phi) is 4.59. The number of aliphatic carboxylic acids is 1. The second-order valence-electron chi connectivity index (χ2n) is 4.44. The van der Waals surface area contributed by atoms with E-state index in [1.54, 1.807) is 11.3 Å². The second kappa shape index (κ2) is 5.98. The quantitative estimate of drug-likeness (QED) is 0.905. The normalized spacial score (nSPS) is 16.8. The number of thiophene rings is 1. The monoisotopic (exact) mass is 317 g/mol. The van der Waals surface area contributed by atoms with Gasteiger partial charge in [0.25, 0.3) is 0 Å². The molecule has 17 heavy (non-hydrogen) atoms. The number of nitrogens with zero attached hydrogens (tertiary/aromatic N) is 1. The lowest BCUT2D eigenvalue weighted by Gasteiger charge is -2.26. The van der Waals surface area contributed by atoms with Gasteiger partial charge in [-0.15, -0.1) is 11.3 Å². The maximum atomic E-state index is 10.9. The minimum Gasteiger partial charge on any atom is -0.480 e. The molecular formula is C12H16BrNO2S. The number of carboxylic acids is 1. The van der Waals surface area contributed by atoms with E-state index in [4.69, 9.17) is 5.11 Å². The van der Waals surface area contributed by atoms with Crippen LogP contribution in [0.4, 0.5) is 0 Å². The number of carbonyl (C=O) groups is 1. The molecule has 0 spiro atoms. The maximum Gasteiger partial charge on any atom is 0.317 e. The summed E-state index contributed by atoms with van der Waals surface area (Å²) >= 11 is 5.12. The van der Waals surface area contributed by atoms with Gasteiger partial charge in [0, 0.05) is 17.5 Å². The van der Waals surface area contributed by atoms with Gasteiger partial charge in [0.05, 0.1) is 10.3 Å². The maximum absolute atomic E-state index is 10.9. The smallest absolute Gasteiger partial charge is 0.317 e. The van der Waals surface area contributed by atoms with E-state index < -0.39 is 5.97 Å². The Bertz CT molecular complexity index is 388. The van der Waals surface area contributed by atoms with Crippen molar-refractivity contribution in [3.63, 3.8) is 0 Å². The average Bonchev–Trinajstić information content (AvgIpc) is 2.87. The summed E-state index contributed by atoms with van der Waals surface area (Å²) in [5, 5.41) is 8.98. The molecular weight excluding hydrogens is 302 g/mol. The summed E-state index contributed by atoms with van der Waals surface area (Å²) < 4.78 is 1.11. The predicted molar refractivity (Wildman–Crippen MR) is 72.3 cm³/mol. The fourth-order valence-electron chi connectivity index (χ4n) is 2.39. The van der Waals surface area contributed by atoms with Crippen molar-refractivity contribution in [3.05, 3.63) is 20.8 Å². The van der Waals surface area contributed by atoms with Crippen molar-refractivity contribution >= 4 is 33.2 Å². The topological polar surface area (TPSA) is 40.5 Å². The van der Waals surface area contributed by atoms with Gasteiger partial charge in [-0.3, -0.25) is 9.69 Å². The van der Waals surface area contributed by atoms with Crippen LogP contribution in [-0.4, -0.2) is 28.6 Å². The predicted octanol–water partition coefficient (Wildman–Crippen LogP) is 3.34. The zero-order valence-electron chi connectivity index (χ0n) is 9.56. The molecule has 0 radical (unpaired) electrons. The van der Waals surface area contributed by atoms with Crippen molar-refractivity contribution in [1.82, 2.24) is 4.90 Å². The van der Waals surface area contributed by atoms with Crippen LogP contribution in [0.25, 0.3) is 0 Å². The Labute approximate surface area is 114 Å². The van der Waals surface area contributed by atoms with Crippen LogP contribution in [0.3, 0.4) is 0 Å². The molecule has 1 heterocycles. The third kappa shape index (κ3) is 3.79. The third-order valence-electron chi connectivity index (χ3n) is 3.17. The average molecular weight is 318 g/mol. The minimum atomic E-state index is -0.729. The Morgan fingerprint density at radius 2 is 2.18 bits per heavy atom. The van der Waals surface area contributed by atoms with Crippen molar-refractivity contribution in [2.75, 3.05) is 6.54 Å². The summed E-state index contributed by atoms with van der Waals surface area (Å²) in [6.45, 7) is 0.910. The van der Waals surface area contributed by atoms with Crippen molar-refractivity contribution in [3.8, 4) is 0 Å². The summed E-state index contributed by atoms with van der Waals surface area (Å²) in [4.78, 5) is 14.2. The number of hydrogen-bond donors (Lipinski definition) is 1. The lowest BCUT2D eigenvalue weighted by Crippen LogP contribution is -2.36. The van der Waals surface area contributed by atoms with E-state index in [9.17, 15) is 4.79 Å². The second-order valence-corrected chi connectivity index (χ2v) is 6.99. The molecule has 1 aliphatic rings. The van der Waals surface area contributed by atoms with Crippen molar-refractivity contribution < 1.29 is 9.90 Å². The van der Waals surface area contributed by atoms with Crippen LogP contribution in [0.1, 0.15) is 30.6 Å². The number of carboxylic acid groups (broad SMARTS) is 1.